The van der Waals surface area contributed by atoms with Gasteiger partial charge in [-0.05, 0) is 13.8 Å². The molecule has 0 unspecified atom stereocenters. The van der Waals surface area contributed by atoms with E-state index in [1.165, 1.54) is 0 Å². The molecule has 0 saturated heterocycles. The van der Waals surface area contributed by atoms with E-state index in [9.17, 15) is 0 Å². The number of nitrogens with one attached hydrogen (secondary N) is 2. The highest BCUT2D eigenvalue weighted by Gasteiger charge is 1.93. The Kier molecular flexibility index (Phi) is 5.15. The first-order valence-electron chi connectivity index (χ1n) is 3.60. The molecule has 0 amide bonds. The monoisotopic (exact) mass is 156 g/mol. The molecule has 64 valence electrons. The molecule has 0 aromatic heterocycles. The van der Waals surface area contributed by atoms with Crippen molar-refractivity contribution in [1.29, 1.82) is 0 Å². The van der Waals surface area contributed by atoms with Gasteiger partial charge in [-0.2, -0.15) is 10.2 Å². The summed E-state index contributed by atoms with van der Waals surface area (Å²) in [7, 11) is 3.57. The molecule has 4 heteroatoms. The normalized spacial score (nSPS) is 13.1. The summed E-state index contributed by atoms with van der Waals surface area (Å²) in [5.41, 5.74) is 7.52. The third kappa shape index (κ3) is 5.39. The number of rotatable bonds is 4. The molecule has 0 aliphatic heterocycles. The molecule has 0 radical (unpaired) electrons. The van der Waals surface area contributed by atoms with E-state index in [0.717, 1.165) is 17.8 Å². The van der Waals surface area contributed by atoms with Crippen LogP contribution in [0.5, 0.6) is 0 Å². The van der Waals surface area contributed by atoms with Crippen LogP contribution in [0.15, 0.2) is 10.2 Å². The fourth-order valence-electron chi connectivity index (χ4n) is 0.831. The molecule has 0 aliphatic carbocycles. The molecule has 0 fully saturated rings. The number of hydrogen-bond acceptors (Lipinski definition) is 4. The van der Waals surface area contributed by atoms with Crippen LogP contribution in [0.3, 0.4) is 0 Å². The Labute approximate surface area is 67.8 Å². The van der Waals surface area contributed by atoms with Gasteiger partial charge in [0.25, 0.3) is 0 Å². The summed E-state index contributed by atoms with van der Waals surface area (Å²) in [6.45, 7) is 3.93. The van der Waals surface area contributed by atoms with E-state index in [4.69, 9.17) is 0 Å². The predicted octanol–water partition coefficient (Wildman–Crippen LogP) is 0.567. The SMILES string of the molecule is CN/N=C(/C)C/C(C)=N/NC. The van der Waals surface area contributed by atoms with E-state index in [1.807, 2.05) is 13.8 Å². The largest absolute Gasteiger partial charge is 0.313 e. The Morgan fingerprint density at radius 3 is 1.64 bits per heavy atom. The quantitative estimate of drug-likeness (QED) is 0.461. The van der Waals surface area contributed by atoms with E-state index >= 15 is 0 Å². The Morgan fingerprint density at radius 2 is 1.36 bits per heavy atom. The second kappa shape index (κ2) is 5.70. The molecule has 0 aromatic carbocycles. The lowest BCUT2D eigenvalue weighted by molar-refractivity contribution is 0.884. The van der Waals surface area contributed by atoms with Crippen molar-refractivity contribution in [3.05, 3.63) is 0 Å². The second-order valence-corrected chi connectivity index (χ2v) is 2.32. The minimum atomic E-state index is 0.807. The summed E-state index contributed by atoms with van der Waals surface area (Å²) in [6, 6.07) is 0. The van der Waals surface area contributed by atoms with E-state index in [0.29, 0.717) is 0 Å². The van der Waals surface area contributed by atoms with Gasteiger partial charge in [-0.1, -0.05) is 0 Å². The van der Waals surface area contributed by atoms with Gasteiger partial charge in [-0.15, -0.1) is 0 Å². The van der Waals surface area contributed by atoms with Gasteiger partial charge in [0.05, 0.1) is 0 Å². The first-order valence-corrected chi connectivity index (χ1v) is 3.60. The van der Waals surface area contributed by atoms with E-state index in [2.05, 4.69) is 21.1 Å². The molecule has 11 heavy (non-hydrogen) atoms. The molecule has 0 spiro atoms. The van der Waals surface area contributed by atoms with Crippen LogP contribution in [0.2, 0.25) is 0 Å². The van der Waals surface area contributed by atoms with Crippen molar-refractivity contribution < 1.29 is 0 Å². The van der Waals surface area contributed by atoms with Gasteiger partial charge >= 0.3 is 0 Å². The van der Waals surface area contributed by atoms with Crippen molar-refractivity contribution >= 4 is 11.4 Å². The average Bonchev–Trinajstić information content (AvgIpc) is 1.87. The van der Waals surface area contributed by atoms with Crippen LogP contribution < -0.4 is 10.9 Å². The minimum absolute atomic E-state index is 0.807. The van der Waals surface area contributed by atoms with E-state index in [1.54, 1.807) is 14.1 Å². The Hall–Kier alpha value is -1.06. The van der Waals surface area contributed by atoms with Crippen LogP contribution in [-0.4, -0.2) is 25.5 Å². The summed E-state index contributed by atoms with van der Waals surface area (Å²) in [5.74, 6) is 0. The molecule has 0 heterocycles. The molecule has 0 atom stereocenters. The van der Waals surface area contributed by atoms with Crippen molar-refractivity contribution in [3.8, 4) is 0 Å². The smallest absolute Gasteiger partial charge is 0.0404 e. The maximum atomic E-state index is 4.00. The van der Waals surface area contributed by atoms with E-state index < -0.39 is 0 Å². The maximum absolute atomic E-state index is 4.00. The number of hydrazone groups is 2. The summed E-state index contributed by atoms with van der Waals surface area (Å²) in [5, 5.41) is 8.01. The fraction of sp³-hybridized carbons (Fsp3) is 0.714. The molecule has 0 aromatic rings. The topological polar surface area (TPSA) is 48.8 Å². The lowest BCUT2D eigenvalue weighted by atomic mass is 10.2. The second-order valence-electron chi connectivity index (χ2n) is 2.32. The average molecular weight is 156 g/mol. The van der Waals surface area contributed by atoms with Gasteiger partial charge < -0.3 is 10.9 Å². The molecule has 0 saturated carbocycles. The zero-order valence-electron chi connectivity index (χ0n) is 7.60. The highest BCUT2D eigenvalue weighted by molar-refractivity contribution is 6.02. The molecule has 0 bridgehead atoms. The molecule has 0 rings (SSSR count). The van der Waals surface area contributed by atoms with Crippen LogP contribution >= 0.6 is 0 Å². The van der Waals surface area contributed by atoms with Crippen LogP contribution in [-0.2, 0) is 0 Å². The highest BCUT2D eigenvalue weighted by atomic mass is 15.3. The Bertz CT molecular complexity index is 142. The van der Waals surface area contributed by atoms with Crippen molar-refractivity contribution in [2.75, 3.05) is 14.1 Å². The summed E-state index contributed by atoms with van der Waals surface area (Å²) in [4.78, 5) is 0. The van der Waals surface area contributed by atoms with Gasteiger partial charge in [-0.3, -0.25) is 0 Å². The molecule has 0 aliphatic rings. The predicted molar refractivity (Wildman–Crippen MR) is 49.0 cm³/mol. The fourth-order valence-corrected chi connectivity index (χ4v) is 0.831. The van der Waals surface area contributed by atoms with Crippen LogP contribution in [0.25, 0.3) is 0 Å². The summed E-state index contributed by atoms with van der Waals surface area (Å²) < 4.78 is 0. The molecule has 2 N–H and O–H groups in total. The maximum Gasteiger partial charge on any atom is 0.0404 e. The third-order valence-electron chi connectivity index (χ3n) is 1.12. The molecular weight excluding hydrogens is 140 g/mol. The van der Waals surface area contributed by atoms with Gasteiger partial charge in [0, 0.05) is 31.9 Å². The zero-order valence-corrected chi connectivity index (χ0v) is 7.60. The summed E-state index contributed by atoms with van der Waals surface area (Å²) >= 11 is 0. The third-order valence-corrected chi connectivity index (χ3v) is 1.12. The van der Waals surface area contributed by atoms with Crippen LogP contribution in [0, 0.1) is 0 Å². The van der Waals surface area contributed by atoms with Crippen LogP contribution in [0.1, 0.15) is 20.3 Å². The highest BCUT2D eigenvalue weighted by Crippen LogP contribution is 1.88. The van der Waals surface area contributed by atoms with Crippen molar-refractivity contribution in [2.45, 2.75) is 20.3 Å². The Balaban J connectivity index is 3.84. The molecule has 4 nitrogen and oxygen atoms in total. The Morgan fingerprint density at radius 1 is 1.00 bits per heavy atom. The first kappa shape index (κ1) is 9.94. The van der Waals surface area contributed by atoms with Gasteiger partial charge in [0.15, 0.2) is 0 Å². The van der Waals surface area contributed by atoms with Crippen molar-refractivity contribution in [3.63, 3.8) is 0 Å². The number of nitrogens with zero attached hydrogens (tertiary/aromatic N) is 2. The lowest BCUT2D eigenvalue weighted by Gasteiger charge is -1.99. The zero-order chi connectivity index (χ0) is 8.69. The number of hydrogen-bond donors (Lipinski definition) is 2. The van der Waals surface area contributed by atoms with Gasteiger partial charge in [-0.25, -0.2) is 0 Å². The van der Waals surface area contributed by atoms with Gasteiger partial charge in [0.1, 0.15) is 0 Å². The molecular formula is C7H16N4. The van der Waals surface area contributed by atoms with Crippen molar-refractivity contribution in [2.24, 2.45) is 10.2 Å². The lowest BCUT2D eigenvalue weighted by Crippen LogP contribution is -2.08. The van der Waals surface area contributed by atoms with E-state index in [-0.39, 0.29) is 0 Å². The van der Waals surface area contributed by atoms with Crippen LogP contribution in [0.4, 0.5) is 0 Å². The standard InChI is InChI=1S/C7H16N4/c1-6(10-8-3)5-7(2)11-9-4/h8-9H,5H2,1-4H3/b10-6-,11-7+. The van der Waals surface area contributed by atoms with Crippen molar-refractivity contribution in [1.82, 2.24) is 10.9 Å². The minimum Gasteiger partial charge on any atom is -0.313 e. The first-order chi connectivity index (χ1) is 5.20. The summed E-state index contributed by atoms with van der Waals surface area (Å²) in [6.07, 6.45) is 0.807. The van der Waals surface area contributed by atoms with Gasteiger partial charge in [0.2, 0.25) is 0 Å².